The first-order valence-corrected chi connectivity index (χ1v) is 11.8. The second kappa shape index (κ2) is 9.67. The van der Waals surface area contributed by atoms with Crippen molar-refractivity contribution >= 4 is 44.6 Å². The molecule has 0 atom stereocenters. The highest BCUT2D eigenvalue weighted by atomic mass is 32.2. The second-order valence-corrected chi connectivity index (χ2v) is 9.10. The fraction of sp³-hybridized carbons (Fsp3) is 0.0833. The van der Waals surface area contributed by atoms with Gasteiger partial charge in [0.2, 0.25) is 0 Å². The minimum atomic E-state index is -3.84. The number of Topliss-reactive ketones (excluding diaryl/α,β-unsaturated/α-hetero) is 1. The molecule has 0 spiro atoms. The van der Waals surface area contributed by atoms with Crippen LogP contribution < -0.4 is 15.4 Å². The molecule has 0 saturated carbocycles. The van der Waals surface area contributed by atoms with Gasteiger partial charge in [-0.3, -0.25) is 9.52 Å². The Balaban J connectivity index is 1.47. The SMILES string of the molecule is CC(=O)c1cccc(S(=O)(=O)Nc2ccc(Nc3cc(Nc4ccccn4)nc(C)n3)cc2)c1. The van der Waals surface area contributed by atoms with Crippen LogP contribution in [0.15, 0.2) is 83.9 Å². The fourth-order valence-electron chi connectivity index (χ4n) is 3.13. The summed E-state index contributed by atoms with van der Waals surface area (Å²) in [6, 6.07) is 19.9. The van der Waals surface area contributed by atoms with Crippen LogP contribution in [0, 0.1) is 6.92 Å². The molecular weight excluding hydrogens is 452 g/mol. The average molecular weight is 475 g/mol. The lowest BCUT2D eigenvalue weighted by Crippen LogP contribution is -2.13. The Morgan fingerprint density at radius 1 is 0.794 bits per heavy atom. The molecule has 0 aliphatic heterocycles. The van der Waals surface area contributed by atoms with Crippen molar-refractivity contribution in [3.05, 3.63) is 90.4 Å². The van der Waals surface area contributed by atoms with Crippen molar-refractivity contribution in [2.45, 2.75) is 18.7 Å². The quantitative estimate of drug-likeness (QED) is 0.315. The molecule has 3 N–H and O–H groups in total. The van der Waals surface area contributed by atoms with Gasteiger partial charge in [0.1, 0.15) is 23.3 Å². The summed E-state index contributed by atoms with van der Waals surface area (Å²) < 4.78 is 27.9. The second-order valence-electron chi connectivity index (χ2n) is 7.42. The van der Waals surface area contributed by atoms with E-state index in [9.17, 15) is 13.2 Å². The largest absolute Gasteiger partial charge is 0.340 e. The van der Waals surface area contributed by atoms with E-state index >= 15 is 0 Å². The maximum atomic E-state index is 12.7. The third-order valence-corrected chi connectivity index (χ3v) is 6.10. The van der Waals surface area contributed by atoms with Crippen molar-refractivity contribution in [1.82, 2.24) is 15.0 Å². The number of aryl methyl sites for hydroxylation is 1. The summed E-state index contributed by atoms with van der Waals surface area (Å²) in [6.07, 6.45) is 1.69. The number of pyridine rings is 1. The highest BCUT2D eigenvalue weighted by molar-refractivity contribution is 7.92. The number of anilines is 5. The lowest BCUT2D eigenvalue weighted by molar-refractivity contribution is 0.101. The molecule has 0 saturated heterocycles. The van der Waals surface area contributed by atoms with Gasteiger partial charge in [0.15, 0.2) is 5.78 Å². The van der Waals surface area contributed by atoms with Gasteiger partial charge in [-0.05, 0) is 62.4 Å². The molecule has 0 bridgehead atoms. The minimum absolute atomic E-state index is 0.0202. The number of benzene rings is 2. The van der Waals surface area contributed by atoms with Crippen molar-refractivity contribution in [3.63, 3.8) is 0 Å². The highest BCUT2D eigenvalue weighted by Crippen LogP contribution is 2.23. The summed E-state index contributed by atoms with van der Waals surface area (Å²) in [4.78, 5) is 24.6. The van der Waals surface area contributed by atoms with E-state index in [1.54, 1.807) is 55.6 Å². The molecule has 0 aliphatic rings. The summed E-state index contributed by atoms with van der Waals surface area (Å²) in [5.41, 5.74) is 1.43. The van der Waals surface area contributed by atoms with Gasteiger partial charge in [0.05, 0.1) is 4.90 Å². The van der Waals surface area contributed by atoms with Crippen LogP contribution in [0.1, 0.15) is 23.1 Å². The van der Waals surface area contributed by atoms with E-state index in [1.807, 2.05) is 18.2 Å². The first-order chi connectivity index (χ1) is 16.3. The number of sulfonamides is 1. The van der Waals surface area contributed by atoms with E-state index in [2.05, 4.69) is 30.3 Å². The number of nitrogens with zero attached hydrogens (tertiary/aromatic N) is 3. The number of ketones is 1. The minimum Gasteiger partial charge on any atom is -0.340 e. The normalized spacial score (nSPS) is 11.0. The predicted molar refractivity (Wildman–Crippen MR) is 131 cm³/mol. The van der Waals surface area contributed by atoms with Crippen molar-refractivity contribution in [3.8, 4) is 0 Å². The number of hydrogen-bond acceptors (Lipinski definition) is 8. The van der Waals surface area contributed by atoms with Crippen LogP contribution in [-0.2, 0) is 10.0 Å². The molecular formula is C24H22N6O3S. The molecule has 4 rings (SSSR count). The molecule has 0 unspecified atom stereocenters. The molecule has 2 aromatic heterocycles. The zero-order valence-electron chi connectivity index (χ0n) is 18.5. The molecule has 2 aromatic carbocycles. The van der Waals surface area contributed by atoms with Crippen LogP contribution in [0.5, 0.6) is 0 Å². The van der Waals surface area contributed by atoms with Gasteiger partial charge in [-0.2, -0.15) is 0 Å². The topological polar surface area (TPSA) is 126 Å². The van der Waals surface area contributed by atoms with Gasteiger partial charge in [-0.15, -0.1) is 0 Å². The number of nitrogens with one attached hydrogen (secondary N) is 3. The summed E-state index contributed by atoms with van der Waals surface area (Å²) in [5.74, 6) is 2.19. The fourth-order valence-corrected chi connectivity index (χ4v) is 4.23. The number of carbonyl (C=O) groups excluding carboxylic acids is 1. The summed E-state index contributed by atoms with van der Waals surface area (Å²) in [6.45, 7) is 3.18. The van der Waals surface area contributed by atoms with Crippen LogP contribution in [0.2, 0.25) is 0 Å². The molecule has 34 heavy (non-hydrogen) atoms. The Bertz CT molecular complexity index is 1430. The van der Waals surface area contributed by atoms with Crippen molar-refractivity contribution < 1.29 is 13.2 Å². The molecule has 0 fully saturated rings. The smallest absolute Gasteiger partial charge is 0.261 e. The number of carbonyl (C=O) groups is 1. The molecule has 0 amide bonds. The van der Waals surface area contributed by atoms with E-state index < -0.39 is 10.0 Å². The van der Waals surface area contributed by atoms with Gasteiger partial charge < -0.3 is 10.6 Å². The number of aromatic nitrogens is 3. The monoisotopic (exact) mass is 474 g/mol. The molecule has 172 valence electrons. The van der Waals surface area contributed by atoms with Gasteiger partial charge in [0, 0.05) is 29.2 Å². The zero-order chi connectivity index (χ0) is 24.1. The van der Waals surface area contributed by atoms with Crippen LogP contribution in [0.25, 0.3) is 0 Å². The van der Waals surface area contributed by atoms with Gasteiger partial charge >= 0.3 is 0 Å². The van der Waals surface area contributed by atoms with Crippen molar-refractivity contribution in [2.75, 3.05) is 15.4 Å². The molecule has 9 nitrogen and oxygen atoms in total. The van der Waals surface area contributed by atoms with E-state index in [-0.39, 0.29) is 10.7 Å². The lowest BCUT2D eigenvalue weighted by Gasteiger charge is -2.12. The Morgan fingerprint density at radius 2 is 1.50 bits per heavy atom. The van der Waals surface area contributed by atoms with Crippen molar-refractivity contribution in [1.29, 1.82) is 0 Å². The summed E-state index contributed by atoms with van der Waals surface area (Å²) >= 11 is 0. The van der Waals surface area contributed by atoms with E-state index in [1.165, 1.54) is 19.1 Å². The molecule has 4 aromatic rings. The molecule has 10 heteroatoms. The zero-order valence-corrected chi connectivity index (χ0v) is 19.3. The average Bonchev–Trinajstić information content (AvgIpc) is 2.80. The van der Waals surface area contributed by atoms with E-state index in [0.717, 1.165) is 0 Å². The van der Waals surface area contributed by atoms with Crippen LogP contribution in [0.4, 0.5) is 28.8 Å². The summed E-state index contributed by atoms with van der Waals surface area (Å²) in [5, 5.41) is 6.32. The standard InChI is InChI=1S/C24H22N6O3S/c1-16(31)18-6-5-7-21(14-18)34(32,33)30-20-11-9-19(10-12-20)28-23-15-24(27-17(2)26-23)29-22-8-3-4-13-25-22/h3-15,30H,1-2H3,(H2,25,26,27,28,29). The molecule has 0 aliphatic carbocycles. The molecule has 0 radical (unpaired) electrons. The lowest BCUT2D eigenvalue weighted by atomic mass is 10.2. The van der Waals surface area contributed by atoms with Crippen LogP contribution in [-0.4, -0.2) is 29.2 Å². The van der Waals surface area contributed by atoms with Gasteiger partial charge in [-0.25, -0.2) is 23.4 Å². The Labute approximate surface area is 197 Å². The maximum Gasteiger partial charge on any atom is 0.261 e. The Kier molecular flexibility index (Phi) is 6.51. The maximum absolute atomic E-state index is 12.7. The predicted octanol–water partition coefficient (Wildman–Crippen LogP) is 4.67. The Morgan fingerprint density at radius 3 is 2.18 bits per heavy atom. The van der Waals surface area contributed by atoms with E-state index in [4.69, 9.17) is 0 Å². The summed E-state index contributed by atoms with van der Waals surface area (Å²) in [7, 11) is -3.84. The number of rotatable bonds is 8. The third-order valence-electron chi connectivity index (χ3n) is 4.72. The Hall–Kier alpha value is -4.31. The van der Waals surface area contributed by atoms with Gasteiger partial charge in [0.25, 0.3) is 10.0 Å². The van der Waals surface area contributed by atoms with Crippen LogP contribution >= 0.6 is 0 Å². The first kappa shape index (κ1) is 22.9. The van der Waals surface area contributed by atoms with E-state index in [0.29, 0.717) is 40.2 Å². The van der Waals surface area contributed by atoms with Crippen molar-refractivity contribution in [2.24, 2.45) is 0 Å². The molecule has 2 heterocycles. The third kappa shape index (κ3) is 5.73. The highest BCUT2D eigenvalue weighted by Gasteiger charge is 2.15. The van der Waals surface area contributed by atoms with Crippen LogP contribution in [0.3, 0.4) is 0 Å². The first-order valence-electron chi connectivity index (χ1n) is 10.3. The number of hydrogen-bond donors (Lipinski definition) is 3. The van der Waals surface area contributed by atoms with Gasteiger partial charge in [-0.1, -0.05) is 18.2 Å².